The van der Waals surface area contributed by atoms with Gasteiger partial charge in [-0.2, -0.15) is 13.2 Å². The summed E-state index contributed by atoms with van der Waals surface area (Å²) in [5, 5.41) is 0. The number of carbonyl (C=O) groups is 1. The van der Waals surface area contributed by atoms with Gasteiger partial charge in [-0.05, 0) is 24.1 Å². The van der Waals surface area contributed by atoms with Crippen molar-refractivity contribution < 1.29 is 18.0 Å². The molecule has 1 rings (SSSR count). The molecule has 0 heterocycles. The van der Waals surface area contributed by atoms with E-state index >= 15 is 0 Å². The minimum atomic E-state index is -4.42. The normalized spacial score (nSPS) is 11.7. The van der Waals surface area contributed by atoms with Crippen LogP contribution in [0.1, 0.15) is 29.8 Å². The van der Waals surface area contributed by atoms with Crippen molar-refractivity contribution in [1.82, 2.24) is 4.90 Å². The van der Waals surface area contributed by atoms with Crippen LogP contribution in [0.2, 0.25) is 0 Å². The summed E-state index contributed by atoms with van der Waals surface area (Å²) >= 11 is 0. The highest BCUT2D eigenvalue weighted by Crippen LogP contribution is 2.29. The molecule has 0 fully saturated rings. The monoisotopic (exact) mass is 259 g/mol. The Morgan fingerprint density at radius 1 is 1.33 bits per heavy atom. The van der Waals surface area contributed by atoms with Gasteiger partial charge in [0, 0.05) is 19.2 Å². The largest absolute Gasteiger partial charge is 0.416 e. The maximum absolute atomic E-state index is 12.5. The molecule has 5 heteroatoms. The van der Waals surface area contributed by atoms with Crippen molar-refractivity contribution in [3.63, 3.8) is 0 Å². The van der Waals surface area contributed by atoms with E-state index in [2.05, 4.69) is 0 Å². The first-order valence-electron chi connectivity index (χ1n) is 5.64. The van der Waals surface area contributed by atoms with E-state index in [4.69, 9.17) is 0 Å². The van der Waals surface area contributed by atoms with E-state index in [1.807, 2.05) is 13.8 Å². The van der Waals surface area contributed by atoms with Crippen molar-refractivity contribution in [2.45, 2.75) is 20.0 Å². The van der Waals surface area contributed by atoms with Crippen LogP contribution in [0.4, 0.5) is 13.2 Å². The predicted octanol–water partition coefficient (Wildman–Crippen LogP) is 3.43. The summed E-state index contributed by atoms with van der Waals surface area (Å²) in [7, 11) is 1.59. The third kappa shape index (κ3) is 3.75. The molecule has 1 aromatic rings. The number of rotatable bonds is 3. The lowest BCUT2D eigenvalue weighted by atomic mass is 10.1. The highest BCUT2D eigenvalue weighted by Gasteiger charge is 2.31. The Balaban J connectivity index is 2.93. The molecule has 0 aliphatic heterocycles. The van der Waals surface area contributed by atoms with E-state index in [-0.39, 0.29) is 11.5 Å². The molecule has 0 aliphatic carbocycles. The van der Waals surface area contributed by atoms with E-state index in [1.54, 1.807) is 7.05 Å². The topological polar surface area (TPSA) is 20.3 Å². The van der Waals surface area contributed by atoms with Gasteiger partial charge in [-0.3, -0.25) is 4.79 Å². The predicted molar refractivity (Wildman–Crippen MR) is 63.2 cm³/mol. The summed E-state index contributed by atoms with van der Waals surface area (Å²) < 4.78 is 37.6. The molecule has 1 aromatic carbocycles. The summed E-state index contributed by atoms with van der Waals surface area (Å²) in [6, 6.07) is 4.49. The fourth-order valence-electron chi connectivity index (χ4n) is 1.68. The zero-order chi connectivity index (χ0) is 13.9. The molecule has 0 unspecified atom stereocenters. The number of alkyl halides is 3. The maximum Gasteiger partial charge on any atom is 0.416 e. The average Bonchev–Trinajstić information content (AvgIpc) is 2.26. The van der Waals surface area contributed by atoms with Gasteiger partial charge in [-0.25, -0.2) is 0 Å². The lowest BCUT2D eigenvalue weighted by Gasteiger charge is -2.19. The van der Waals surface area contributed by atoms with Gasteiger partial charge in [-0.1, -0.05) is 19.9 Å². The van der Waals surface area contributed by atoms with E-state index < -0.39 is 17.6 Å². The number of halogens is 3. The Morgan fingerprint density at radius 3 is 2.44 bits per heavy atom. The minimum absolute atomic E-state index is 0.0629. The molecule has 0 bridgehead atoms. The van der Waals surface area contributed by atoms with Crippen LogP contribution >= 0.6 is 0 Å². The van der Waals surface area contributed by atoms with Crippen LogP contribution in [0.15, 0.2) is 24.3 Å². The molecule has 0 spiro atoms. The third-order valence-corrected chi connectivity index (χ3v) is 2.42. The van der Waals surface area contributed by atoms with Gasteiger partial charge in [0.2, 0.25) is 0 Å². The SMILES string of the molecule is CC(C)CN(C)C(=O)c1cccc(C(F)(F)F)c1. The second kappa shape index (κ2) is 5.42. The Morgan fingerprint density at radius 2 is 1.94 bits per heavy atom. The Hall–Kier alpha value is -1.52. The van der Waals surface area contributed by atoms with Gasteiger partial charge in [0.05, 0.1) is 5.56 Å². The average molecular weight is 259 g/mol. The number of hydrogen-bond acceptors (Lipinski definition) is 1. The quantitative estimate of drug-likeness (QED) is 0.814. The Bertz CT molecular complexity index is 426. The van der Waals surface area contributed by atoms with Crippen LogP contribution in [0.25, 0.3) is 0 Å². The first-order valence-corrected chi connectivity index (χ1v) is 5.64. The summed E-state index contributed by atoms with van der Waals surface area (Å²) in [6.45, 7) is 4.39. The van der Waals surface area contributed by atoms with Crippen LogP contribution in [0.3, 0.4) is 0 Å². The standard InChI is InChI=1S/C13H16F3NO/c1-9(2)8-17(3)12(18)10-5-4-6-11(7-10)13(14,15)16/h4-7,9H,8H2,1-3H3. The number of hydrogen-bond donors (Lipinski definition) is 0. The fourth-order valence-corrected chi connectivity index (χ4v) is 1.68. The van der Waals surface area contributed by atoms with E-state index in [0.717, 1.165) is 12.1 Å². The summed E-state index contributed by atoms with van der Waals surface area (Å²) in [5.41, 5.74) is -0.737. The first-order chi connectivity index (χ1) is 8.21. The van der Waals surface area contributed by atoms with Crippen LogP contribution in [-0.4, -0.2) is 24.4 Å². The smallest absolute Gasteiger partial charge is 0.341 e. The van der Waals surface area contributed by atoms with E-state index in [9.17, 15) is 18.0 Å². The van der Waals surface area contributed by atoms with Crippen LogP contribution in [0, 0.1) is 5.92 Å². The Kier molecular flexibility index (Phi) is 4.38. The van der Waals surface area contributed by atoms with Crippen molar-refractivity contribution in [3.8, 4) is 0 Å². The number of amides is 1. The lowest BCUT2D eigenvalue weighted by molar-refractivity contribution is -0.137. The number of carbonyl (C=O) groups excluding carboxylic acids is 1. The number of benzene rings is 1. The molecular formula is C13H16F3NO. The zero-order valence-electron chi connectivity index (χ0n) is 10.6. The molecule has 0 N–H and O–H groups in total. The molecule has 0 atom stereocenters. The van der Waals surface area contributed by atoms with E-state index in [1.165, 1.54) is 17.0 Å². The molecule has 2 nitrogen and oxygen atoms in total. The molecule has 0 aliphatic rings. The first kappa shape index (κ1) is 14.5. The van der Waals surface area contributed by atoms with Gasteiger partial charge in [-0.15, -0.1) is 0 Å². The van der Waals surface area contributed by atoms with E-state index in [0.29, 0.717) is 6.54 Å². The van der Waals surface area contributed by atoms with Gasteiger partial charge in [0.15, 0.2) is 0 Å². The maximum atomic E-state index is 12.5. The fraction of sp³-hybridized carbons (Fsp3) is 0.462. The van der Waals surface area contributed by atoms with Crippen molar-refractivity contribution in [3.05, 3.63) is 35.4 Å². The molecule has 0 aromatic heterocycles. The third-order valence-electron chi connectivity index (χ3n) is 2.42. The van der Waals surface area contributed by atoms with Crippen LogP contribution < -0.4 is 0 Å². The summed E-state index contributed by atoms with van der Waals surface area (Å²) in [5.74, 6) is -0.125. The van der Waals surface area contributed by atoms with Gasteiger partial charge in [0.1, 0.15) is 0 Å². The number of nitrogens with zero attached hydrogens (tertiary/aromatic N) is 1. The van der Waals surface area contributed by atoms with Crippen molar-refractivity contribution in [2.75, 3.05) is 13.6 Å². The molecule has 0 saturated carbocycles. The second-order valence-electron chi connectivity index (χ2n) is 4.66. The molecule has 0 radical (unpaired) electrons. The molecule has 18 heavy (non-hydrogen) atoms. The van der Waals surface area contributed by atoms with Gasteiger partial charge in [0.25, 0.3) is 5.91 Å². The van der Waals surface area contributed by atoms with Crippen molar-refractivity contribution in [2.24, 2.45) is 5.92 Å². The van der Waals surface area contributed by atoms with Gasteiger partial charge >= 0.3 is 6.18 Å². The minimum Gasteiger partial charge on any atom is -0.341 e. The molecular weight excluding hydrogens is 243 g/mol. The van der Waals surface area contributed by atoms with Crippen LogP contribution in [0.5, 0.6) is 0 Å². The lowest BCUT2D eigenvalue weighted by Crippen LogP contribution is -2.30. The Labute approximate surface area is 104 Å². The van der Waals surface area contributed by atoms with Crippen LogP contribution in [-0.2, 0) is 6.18 Å². The molecule has 0 saturated heterocycles. The zero-order valence-corrected chi connectivity index (χ0v) is 10.6. The highest BCUT2D eigenvalue weighted by atomic mass is 19.4. The molecule has 100 valence electrons. The van der Waals surface area contributed by atoms with Crippen molar-refractivity contribution in [1.29, 1.82) is 0 Å². The summed E-state index contributed by atoms with van der Waals surface area (Å²) in [4.78, 5) is 13.3. The highest BCUT2D eigenvalue weighted by molar-refractivity contribution is 5.94. The van der Waals surface area contributed by atoms with Gasteiger partial charge < -0.3 is 4.90 Å². The molecule has 1 amide bonds. The second-order valence-corrected chi connectivity index (χ2v) is 4.66. The van der Waals surface area contributed by atoms with Crippen molar-refractivity contribution >= 4 is 5.91 Å². The summed E-state index contributed by atoms with van der Waals surface area (Å²) in [6.07, 6.45) is -4.42.